The number of hydrogen-bond donors (Lipinski definition) is 0. The number of fused-ring (bicyclic) bond motifs is 1. The van der Waals surface area contributed by atoms with Crippen molar-refractivity contribution in [3.8, 4) is 0 Å². The van der Waals surface area contributed by atoms with Crippen molar-refractivity contribution in [2.75, 3.05) is 33.8 Å². The molecule has 0 spiro atoms. The molecule has 0 amide bonds. The predicted octanol–water partition coefficient (Wildman–Crippen LogP) is 2.20. The maximum Gasteiger partial charge on any atom is 0.0653 e. The highest BCUT2D eigenvalue weighted by molar-refractivity contribution is 5.22. The topological polar surface area (TPSA) is 28.1 Å². The Morgan fingerprint density at radius 2 is 1.78 bits per heavy atom. The van der Waals surface area contributed by atoms with Crippen LogP contribution in [0.4, 0.5) is 0 Å². The maximum atomic E-state index is 5.79. The lowest BCUT2D eigenvalue weighted by Gasteiger charge is -2.32. The predicted molar refractivity (Wildman–Crippen MR) is 77.1 cm³/mol. The fraction of sp³-hybridized carbons (Fsp3) is 0.929. The van der Waals surface area contributed by atoms with Gasteiger partial charge in [0.2, 0.25) is 0 Å². The minimum atomic E-state index is 0.387. The molecular weight excluding hydrogens is 226 g/mol. The summed E-state index contributed by atoms with van der Waals surface area (Å²) in [4.78, 5) is 2.65. The summed E-state index contributed by atoms with van der Waals surface area (Å²) in [6.45, 7) is 11.1. The van der Waals surface area contributed by atoms with Crippen molar-refractivity contribution in [2.45, 2.75) is 51.2 Å². The SMILES string of the molecule is C=NN(C)C.CC(C)OCC12CCCN1CCC2. The molecule has 2 fully saturated rings. The van der Waals surface area contributed by atoms with E-state index in [1.165, 1.54) is 38.8 Å². The summed E-state index contributed by atoms with van der Waals surface area (Å²) in [5, 5.41) is 5.11. The minimum absolute atomic E-state index is 0.387. The van der Waals surface area contributed by atoms with Crippen LogP contribution in [0.3, 0.4) is 0 Å². The molecule has 4 heteroatoms. The van der Waals surface area contributed by atoms with Gasteiger partial charge in [0, 0.05) is 26.4 Å². The van der Waals surface area contributed by atoms with Crippen LogP contribution in [0.25, 0.3) is 0 Å². The van der Waals surface area contributed by atoms with Crippen molar-refractivity contribution < 1.29 is 4.74 Å². The lowest BCUT2D eigenvalue weighted by Crippen LogP contribution is -2.43. The summed E-state index contributed by atoms with van der Waals surface area (Å²) in [5.41, 5.74) is 0.449. The summed E-state index contributed by atoms with van der Waals surface area (Å²) in [5.74, 6) is 0. The number of nitrogens with zero attached hydrogens (tertiary/aromatic N) is 3. The molecule has 0 radical (unpaired) electrons. The average Bonchev–Trinajstić information content (AvgIpc) is 2.86. The number of ether oxygens (including phenoxy) is 1. The maximum absolute atomic E-state index is 5.79. The van der Waals surface area contributed by atoms with Crippen molar-refractivity contribution in [3.05, 3.63) is 0 Å². The second-order valence-corrected chi connectivity index (χ2v) is 5.77. The van der Waals surface area contributed by atoms with Crippen molar-refractivity contribution >= 4 is 6.72 Å². The Bertz CT molecular complexity index is 243. The van der Waals surface area contributed by atoms with E-state index in [1.54, 1.807) is 5.01 Å². The van der Waals surface area contributed by atoms with Gasteiger partial charge in [-0.15, -0.1) is 0 Å². The van der Waals surface area contributed by atoms with E-state index in [1.807, 2.05) is 14.1 Å². The zero-order valence-corrected chi connectivity index (χ0v) is 12.5. The zero-order chi connectivity index (χ0) is 13.6. The molecule has 106 valence electrons. The van der Waals surface area contributed by atoms with E-state index in [-0.39, 0.29) is 0 Å². The van der Waals surface area contributed by atoms with Gasteiger partial charge in [-0.1, -0.05) is 0 Å². The molecule has 0 aromatic rings. The molecule has 2 rings (SSSR count). The van der Waals surface area contributed by atoms with Crippen LogP contribution in [0.1, 0.15) is 39.5 Å². The van der Waals surface area contributed by atoms with Gasteiger partial charge in [-0.25, -0.2) is 0 Å². The highest BCUT2D eigenvalue weighted by Gasteiger charge is 2.44. The standard InChI is InChI=1S/C11H21NO.C3H8N2/c1-10(2)13-9-11-5-3-7-12(11)8-4-6-11;1-4-5(2)3/h10H,3-9H2,1-2H3;1H2,2-3H3. The van der Waals surface area contributed by atoms with E-state index in [2.05, 4.69) is 30.6 Å². The summed E-state index contributed by atoms with van der Waals surface area (Å²) in [6.07, 6.45) is 5.86. The van der Waals surface area contributed by atoms with Gasteiger partial charge in [-0.2, -0.15) is 5.10 Å². The first-order valence-electron chi connectivity index (χ1n) is 7.01. The van der Waals surface area contributed by atoms with Crippen LogP contribution < -0.4 is 0 Å². The first-order chi connectivity index (χ1) is 8.50. The Kier molecular flexibility index (Phi) is 6.09. The summed E-state index contributed by atoms with van der Waals surface area (Å²) >= 11 is 0. The van der Waals surface area contributed by atoms with Crippen LogP contribution >= 0.6 is 0 Å². The van der Waals surface area contributed by atoms with Crippen LogP contribution in [0.15, 0.2) is 5.10 Å². The van der Waals surface area contributed by atoms with E-state index in [4.69, 9.17) is 4.74 Å². The van der Waals surface area contributed by atoms with Crippen LogP contribution in [-0.2, 0) is 4.74 Å². The zero-order valence-electron chi connectivity index (χ0n) is 12.5. The molecule has 0 atom stereocenters. The van der Waals surface area contributed by atoms with Crippen LogP contribution in [0.5, 0.6) is 0 Å². The largest absolute Gasteiger partial charge is 0.377 e. The molecule has 0 N–H and O–H groups in total. The van der Waals surface area contributed by atoms with Gasteiger partial charge >= 0.3 is 0 Å². The highest BCUT2D eigenvalue weighted by Crippen LogP contribution is 2.38. The summed E-state index contributed by atoms with van der Waals surface area (Å²) < 4.78 is 5.79. The van der Waals surface area contributed by atoms with Gasteiger partial charge in [0.15, 0.2) is 0 Å². The van der Waals surface area contributed by atoms with E-state index in [9.17, 15) is 0 Å². The van der Waals surface area contributed by atoms with Gasteiger partial charge < -0.3 is 9.75 Å². The summed E-state index contributed by atoms with van der Waals surface area (Å²) in [7, 11) is 3.65. The Morgan fingerprint density at radius 3 is 2.17 bits per heavy atom. The normalized spacial score (nSPS) is 21.4. The molecule has 0 aliphatic carbocycles. The molecule has 2 heterocycles. The van der Waals surface area contributed by atoms with Crippen LogP contribution in [-0.4, -0.2) is 62.1 Å². The summed E-state index contributed by atoms with van der Waals surface area (Å²) in [6, 6.07) is 0. The third-order valence-electron chi connectivity index (χ3n) is 3.78. The Hall–Kier alpha value is -0.610. The fourth-order valence-electron chi connectivity index (χ4n) is 2.78. The molecule has 0 aromatic carbocycles. The van der Waals surface area contributed by atoms with E-state index >= 15 is 0 Å². The molecule has 2 saturated heterocycles. The molecular formula is C14H29N3O. The molecule has 0 saturated carbocycles. The number of rotatable bonds is 4. The van der Waals surface area contributed by atoms with Crippen LogP contribution in [0, 0.1) is 0 Å². The first kappa shape index (κ1) is 15.4. The highest BCUT2D eigenvalue weighted by atomic mass is 16.5. The van der Waals surface area contributed by atoms with E-state index < -0.39 is 0 Å². The Labute approximate surface area is 112 Å². The van der Waals surface area contributed by atoms with Crippen molar-refractivity contribution in [1.82, 2.24) is 9.91 Å². The molecule has 4 nitrogen and oxygen atoms in total. The van der Waals surface area contributed by atoms with Crippen molar-refractivity contribution in [3.63, 3.8) is 0 Å². The molecule has 18 heavy (non-hydrogen) atoms. The third-order valence-corrected chi connectivity index (χ3v) is 3.78. The van der Waals surface area contributed by atoms with Gasteiger partial charge in [0.1, 0.15) is 0 Å². The molecule has 2 aliphatic rings. The molecule has 2 aliphatic heterocycles. The van der Waals surface area contributed by atoms with Crippen molar-refractivity contribution in [1.29, 1.82) is 0 Å². The van der Waals surface area contributed by atoms with Crippen LogP contribution in [0.2, 0.25) is 0 Å². The number of hydrogen-bond acceptors (Lipinski definition) is 4. The van der Waals surface area contributed by atoms with Gasteiger partial charge in [0.05, 0.1) is 12.7 Å². The Balaban J connectivity index is 0.000000280. The second kappa shape index (κ2) is 7.10. The third kappa shape index (κ3) is 4.25. The van der Waals surface area contributed by atoms with Gasteiger partial charge in [0.25, 0.3) is 0 Å². The quantitative estimate of drug-likeness (QED) is 0.569. The minimum Gasteiger partial charge on any atom is -0.377 e. The smallest absolute Gasteiger partial charge is 0.0653 e. The monoisotopic (exact) mass is 255 g/mol. The molecule has 0 unspecified atom stereocenters. The Morgan fingerprint density at radius 1 is 1.28 bits per heavy atom. The average molecular weight is 255 g/mol. The van der Waals surface area contributed by atoms with Gasteiger partial charge in [-0.05, 0) is 52.6 Å². The van der Waals surface area contributed by atoms with E-state index in [0.29, 0.717) is 11.6 Å². The van der Waals surface area contributed by atoms with Crippen molar-refractivity contribution in [2.24, 2.45) is 5.10 Å². The van der Waals surface area contributed by atoms with E-state index in [0.717, 1.165) is 6.61 Å². The fourth-order valence-corrected chi connectivity index (χ4v) is 2.78. The first-order valence-corrected chi connectivity index (χ1v) is 7.01. The second-order valence-electron chi connectivity index (χ2n) is 5.77. The van der Waals surface area contributed by atoms with Gasteiger partial charge in [-0.3, -0.25) is 4.90 Å². The molecule has 0 aromatic heterocycles. The number of hydrazone groups is 1. The molecule has 0 bridgehead atoms. The lowest BCUT2D eigenvalue weighted by molar-refractivity contribution is 0.00312. The lowest BCUT2D eigenvalue weighted by atomic mass is 9.95.